The van der Waals surface area contributed by atoms with Gasteiger partial charge in [0.1, 0.15) is 4.83 Å². The topological polar surface area (TPSA) is 64.0 Å². The lowest BCUT2D eigenvalue weighted by atomic mass is 9.48. The van der Waals surface area contributed by atoms with Crippen molar-refractivity contribution in [3.8, 4) is 0 Å². The molecule has 1 N–H and O–H groups in total. The first-order valence-corrected chi connectivity index (χ1v) is 15.7. The Hall–Kier alpha value is -1.34. The number of rotatable bonds is 7. The minimum Gasteiger partial charge on any atom is -0.352 e. The van der Waals surface area contributed by atoms with Gasteiger partial charge >= 0.3 is 0 Å². The maximum atomic E-state index is 13.7. The van der Waals surface area contributed by atoms with Crippen LogP contribution < -0.4 is 10.9 Å². The number of hydrogen-bond acceptors (Lipinski definition) is 5. The van der Waals surface area contributed by atoms with Gasteiger partial charge < -0.3 is 5.32 Å². The Morgan fingerprint density at radius 1 is 1.14 bits per heavy atom. The molecule has 0 saturated heterocycles. The van der Waals surface area contributed by atoms with E-state index in [9.17, 15) is 9.59 Å². The summed E-state index contributed by atoms with van der Waals surface area (Å²) in [6.07, 6.45) is 13.4. The lowest BCUT2D eigenvalue weighted by Crippen LogP contribution is -2.56. The predicted molar refractivity (Wildman–Crippen MR) is 144 cm³/mol. The Kier molecular flexibility index (Phi) is 6.31. The molecule has 5 aliphatic carbocycles. The van der Waals surface area contributed by atoms with Crippen LogP contribution in [0.1, 0.15) is 95.0 Å². The molecule has 5 nitrogen and oxygen atoms in total. The summed E-state index contributed by atoms with van der Waals surface area (Å²) in [7, 11) is 0. The smallest absolute Gasteiger partial charge is 0.263 e. The van der Waals surface area contributed by atoms with Gasteiger partial charge in [-0.25, -0.2) is 4.98 Å². The number of amides is 1. The highest BCUT2D eigenvalue weighted by molar-refractivity contribution is 7.99. The normalized spacial score (nSPS) is 30.9. The maximum Gasteiger partial charge on any atom is 0.263 e. The largest absolute Gasteiger partial charge is 0.352 e. The number of thioether (sulfide) groups is 1. The summed E-state index contributed by atoms with van der Waals surface area (Å²) in [5, 5.41) is 4.93. The third-order valence-corrected chi connectivity index (χ3v) is 11.9. The number of hydrogen-bond donors (Lipinski definition) is 1. The SMILES string of the molecule is CC[C@H](C)n1c(SCC(=O)N[C@@H](C)C23CC4CC(CC(C4)C2)C3)nc2sc3c(c2c1=O)CCCC3. The van der Waals surface area contributed by atoms with Crippen molar-refractivity contribution >= 4 is 39.2 Å². The van der Waals surface area contributed by atoms with Gasteiger partial charge in [0.15, 0.2) is 5.16 Å². The van der Waals surface area contributed by atoms with Crippen LogP contribution >= 0.6 is 23.1 Å². The average Bonchev–Trinajstić information content (AvgIpc) is 3.20. The van der Waals surface area contributed by atoms with Gasteiger partial charge in [0, 0.05) is 17.0 Å². The van der Waals surface area contributed by atoms with E-state index in [1.807, 2.05) is 4.57 Å². The zero-order valence-corrected chi connectivity index (χ0v) is 23.0. The molecule has 4 bridgehead atoms. The number of carbonyl (C=O) groups is 1. The minimum absolute atomic E-state index is 0.0649. The lowest BCUT2D eigenvalue weighted by molar-refractivity contribution is -0.123. The number of aryl methyl sites for hydroxylation is 2. The highest BCUT2D eigenvalue weighted by Gasteiger charge is 2.53. The molecule has 4 fully saturated rings. The first kappa shape index (κ1) is 24.0. The molecule has 4 saturated carbocycles. The van der Waals surface area contributed by atoms with Crippen molar-refractivity contribution in [1.29, 1.82) is 0 Å². The highest BCUT2D eigenvalue weighted by Crippen LogP contribution is 2.61. The summed E-state index contributed by atoms with van der Waals surface area (Å²) in [6.45, 7) is 6.44. The molecular weight excluding hydrogens is 474 g/mol. The van der Waals surface area contributed by atoms with Gasteiger partial charge in [0.25, 0.3) is 5.56 Å². The monoisotopic (exact) mass is 513 g/mol. The summed E-state index contributed by atoms with van der Waals surface area (Å²) in [5.41, 5.74) is 1.64. The molecule has 0 radical (unpaired) electrons. The van der Waals surface area contributed by atoms with E-state index in [0.29, 0.717) is 16.3 Å². The quantitative estimate of drug-likeness (QED) is 0.358. The van der Waals surface area contributed by atoms with Crippen molar-refractivity contribution in [2.45, 2.75) is 109 Å². The molecule has 0 aromatic carbocycles. The second kappa shape index (κ2) is 9.20. The molecule has 0 aliphatic heterocycles. The molecule has 0 spiro atoms. The van der Waals surface area contributed by atoms with E-state index in [4.69, 9.17) is 4.98 Å². The van der Waals surface area contributed by atoms with Crippen molar-refractivity contribution in [1.82, 2.24) is 14.9 Å². The molecule has 5 aliphatic rings. The molecule has 2 aromatic rings. The Bertz CT molecular complexity index is 1160. The van der Waals surface area contributed by atoms with Crippen molar-refractivity contribution in [3.05, 3.63) is 20.8 Å². The first-order chi connectivity index (χ1) is 16.9. The van der Waals surface area contributed by atoms with Crippen LogP contribution in [0.4, 0.5) is 0 Å². The molecule has 1 amide bonds. The summed E-state index contributed by atoms with van der Waals surface area (Å²) in [5.74, 6) is 3.04. The van der Waals surface area contributed by atoms with Crippen molar-refractivity contribution in [2.24, 2.45) is 23.2 Å². The zero-order chi connectivity index (χ0) is 24.3. The number of nitrogens with zero attached hydrogens (tertiary/aromatic N) is 2. The van der Waals surface area contributed by atoms with Crippen LogP contribution in [0.15, 0.2) is 9.95 Å². The van der Waals surface area contributed by atoms with Gasteiger partial charge in [0.2, 0.25) is 5.91 Å². The molecule has 2 atom stereocenters. The Morgan fingerprint density at radius 3 is 2.46 bits per heavy atom. The average molecular weight is 514 g/mol. The number of thiophene rings is 1. The molecule has 35 heavy (non-hydrogen) atoms. The number of aromatic nitrogens is 2. The van der Waals surface area contributed by atoms with Crippen LogP contribution in [0.25, 0.3) is 10.2 Å². The van der Waals surface area contributed by atoms with Crippen LogP contribution in [0.2, 0.25) is 0 Å². The van der Waals surface area contributed by atoms with Crippen molar-refractivity contribution in [3.63, 3.8) is 0 Å². The molecule has 7 rings (SSSR count). The van der Waals surface area contributed by atoms with Crippen LogP contribution in [-0.2, 0) is 17.6 Å². The van der Waals surface area contributed by atoms with Crippen LogP contribution in [0.3, 0.4) is 0 Å². The Morgan fingerprint density at radius 2 is 1.80 bits per heavy atom. The van der Waals surface area contributed by atoms with Crippen LogP contribution in [0, 0.1) is 23.2 Å². The summed E-state index contributed by atoms with van der Waals surface area (Å²) in [4.78, 5) is 34.0. The predicted octanol–water partition coefficient (Wildman–Crippen LogP) is 6.12. The second-order valence-corrected chi connectivity index (χ2v) is 14.1. The first-order valence-electron chi connectivity index (χ1n) is 13.9. The van der Waals surface area contributed by atoms with E-state index < -0.39 is 0 Å². The van der Waals surface area contributed by atoms with Gasteiger partial charge in [-0.2, -0.15) is 0 Å². The summed E-state index contributed by atoms with van der Waals surface area (Å²) in [6, 6.07) is 0.287. The molecule has 2 aromatic heterocycles. The Labute approximate surface area is 216 Å². The van der Waals surface area contributed by atoms with Gasteiger partial charge in [-0.15, -0.1) is 11.3 Å². The van der Waals surface area contributed by atoms with E-state index in [2.05, 4.69) is 26.1 Å². The molecular formula is C28H39N3O2S2. The van der Waals surface area contributed by atoms with Gasteiger partial charge in [-0.3, -0.25) is 14.2 Å². The lowest BCUT2D eigenvalue weighted by Gasteiger charge is -2.59. The van der Waals surface area contributed by atoms with E-state index in [1.54, 1.807) is 11.3 Å². The second-order valence-electron chi connectivity index (χ2n) is 12.1. The fraction of sp³-hybridized carbons (Fsp3) is 0.750. The fourth-order valence-electron chi connectivity index (χ4n) is 8.15. The summed E-state index contributed by atoms with van der Waals surface area (Å²) >= 11 is 3.13. The number of fused-ring (bicyclic) bond motifs is 3. The van der Waals surface area contributed by atoms with E-state index in [-0.39, 0.29) is 23.6 Å². The third kappa shape index (κ3) is 4.18. The highest BCUT2D eigenvalue weighted by atomic mass is 32.2. The third-order valence-electron chi connectivity index (χ3n) is 9.73. The molecule has 7 heteroatoms. The maximum absolute atomic E-state index is 13.7. The van der Waals surface area contributed by atoms with Gasteiger partial charge in [-0.1, -0.05) is 18.7 Å². The minimum atomic E-state index is 0.0649. The fourth-order valence-corrected chi connectivity index (χ4v) is 10.4. The standard InChI is InChI=1S/C28H39N3O2S2/c1-4-16(2)31-26(33)24-21-7-5-6-8-22(21)35-25(24)30-27(31)34-15-23(32)29-17(3)28-12-18-9-19(13-28)11-20(10-18)14-28/h16-20H,4-15H2,1-3H3,(H,29,32)/t16-,17-,18?,19?,20?,28?/m0/s1. The molecule has 0 unspecified atom stereocenters. The van der Waals surface area contributed by atoms with Gasteiger partial charge in [0.05, 0.1) is 11.1 Å². The van der Waals surface area contributed by atoms with Crippen molar-refractivity contribution < 1.29 is 4.79 Å². The zero-order valence-electron chi connectivity index (χ0n) is 21.4. The summed E-state index contributed by atoms with van der Waals surface area (Å²) < 4.78 is 1.87. The molecule has 190 valence electrons. The van der Waals surface area contributed by atoms with Crippen molar-refractivity contribution in [2.75, 3.05) is 5.75 Å². The van der Waals surface area contributed by atoms with E-state index in [0.717, 1.165) is 53.7 Å². The Balaban J connectivity index is 1.21. The number of carbonyl (C=O) groups excluding carboxylic acids is 1. The molecule has 2 heterocycles. The van der Waals surface area contributed by atoms with E-state index >= 15 is 0 Å². The number of nitrogens with one attached hydrogen (secondary N) is 1. The van der Waals surface area contributed by atoms with E-state index in [1.165, 1.54) is 67.1 Å². The van der Waals surface area contributed by atoms with Crippen LogP contribution in [-0.4, -0.2) is 27.3 Å². The van der Waals surface area contributed by atoms with Crippen LogP contribution in [0.5, 0.6) is 0 Å². The van der Waals surface area contributed by atoms with Gasteiger partial charge in [-0.05, 0) is 113 Å².